The van der Waals surface area contributed by atoms with Gasteiger partial charge in [-0.25, -0.2) is 0 Å². The van der Waals surface area contributed by atoms with Crippen molar-refractivity contribution in [1.82, 2.24) is 9.47 Å². The van der Waals surface area contributed by atoms with Gasteiger partial charge < -0.3 is 13.9 Å². The van der Waals surface area contributed by atoms with E-state index >= 15 is 0 Å². The summed E-state index contributed by atoms with van der Waals surface area (Å²) in [5, 5.41) is 11.5. The normalized spacial score (nSPS) is 14.1. The van der Waals surface area contributed by atoms with Gasteiger partial charge in [0.1, 0.15) is 18.3 Å². The topological polar surface area (TPSA) is 102 Å². The molecule has 38 heavy (non-hydrogen) atoms. The van der Waals surface area contributed by atoms with E-state index in [0.717, 1.165) is 17.8 Å². The molecule has 3 heterocycles. The quantitative estimate of drug-likeness (QED) is 0.224. The summed E-state index contributed by atoms with van der Waals surface area (Å²) in [7, 11) is 0. The van der Waals surface area contributed by atoms with Crippen LogP contribution in [0.4, 0.5) is 11.4 Å². The van der Waals surface area contributed by atoms with Crippen molar-refractivity contribution in [1.29, 1.82) is 0 Å². The number of aryl methyl sites for hydroxylation is 1. The SMILES string of the molecule is CCCCN(CC(=O)N1c2ccccc2-n2cccc2C1c1ccco1)C(=O)c1ccc(C)c([N+](=O)[O-])c1. The van der Waals surface area contributed by atoms with Crippen molar-refractivity contribution in [3.63, 3.8) is 0 Å². The molecule has 5 rings (SSSR count). The number of anilines is 1. The van der Waals surface area contributed by atoms with Crippen LogP contribution in [0.2, 0.25) is 0 Å². The van der Waals surface area contributed by atoms with Crippen molar-refractivity contribution in [2.24, 2.45) is 0 Å². The molecule has 9 nitrogen and oxygen atoms in total. The fourth-order valence-electron chi connectivity index (χ4n) is 4.94. The molecule has 2 amide bonds. The molecule has 0 fully saturated rings. The van der Waals surface area contributed by atoms with Gasteiger partial charge >= 0.3 is 0 Å². The summed E-state index contributed by atoms with van der Waals surface area (Å²) in [6.07, 6.45) is 5.04. The summed E-state index contributed by atoms with van der Waals surface area (Å²) in [6, 6.07) is 19.0. The summed E-state index contributed by atoms with van der Waals surface area (Å²) in [6.45, 7) is 3.79. The van der Waals surface area contributed by atoms with Crippen molar-refractivity contribution in [3.8, 4) is 5.69 Å². The third-order valence-electron chi connectivity index (χ3n) is 6.85. The average Bonchev–Trinajstić information content (AvgIpc) is 3.63. The number of amides is 2. The Bertz CT molecular complexity index is 1490. The first-order valence-electron chi connectivity index (χ1n) is 12.6. The second-order valence-electron chi connectivity index (χ2n) is 9.31. The monoisotopic (exact) mass is 512 g/mol. The zero-order valence-electron chi connectivity index (χ0n) is 21.2. The smallest absolute Gasteiger partial charge is 0.273 e. The molecule has 4 aromatic rings. The van der Waals surface area contributed by atoms with Crippen LogP contribution in [-0.4, -0.2) is 39.3 Å². The van der Waals surface area contributed by atoms with Crippen molar-refractivity contribution in [3.05, 3.63) is 112 Å². The minimum Gasteiger partial charge on any atom is -0.467 e. The zero-order chi connectivity index (χ0) is 26.8. The van der Waals surface area contributed by atoms with E-state index in [1.54, 1.807) is 36.3 Å². The lowest BCUT2D eigenvalue weighted by Gasteiger charge is -2.38. The van der Waals surface area contributed by atoms with E-state index in [1.165, 1.54) is 11.0 Å². The Hall–Kier alpha value is -4.66. The van der Waals surface area contributed by atoms with Gasteiger partial charge in [-0.05, 0) is 55.8 Å². The number of para-hydroxylation sites is 2. The lowest BCUT2D eigenvalue weighted by Crippen LogP contribution is -2.47. The molecule has 0 radical (unpaired) electrons. The van der Waals surface area contributed by atoms with Gasteiger partial charge in [-0.1, -0.05) is 31.5 Å². The lowest BCUT2D eigenvalue weighted by atomic mass is 10.0. The predicted octanol–water partition coefficient (Wildman–Crippen LogP) is 5.67. The van der Waals surface area contributed by atoms with Crippen LogP contribution in [0.15, 0.2) is 83.6 Å². The largest absolute Gasteiger partial charge is 0.467 e. The van der Waals surface area contributed by atoms with Crippen LogP contribution in [0.1, 0.15) is 53.2 Å². The second-order valence-corrected chi connectivity index (χ2v) is 9.31. The van der Waals surface area contributed by atoms with Gasteiger partial charge in [-0.3, -0.25) is 24.6 Å². The molecule has 9 heteroatoms. The molecule has 1 aliphatic rings. The molecule has 0 spiro atoms. The second kappa shape index (κ2) is 10.4. The van der Waals surface area contributed by atoms with Gasteiger partial charge in [0.2, 0.25) is 5.91 Å². The van der Waals surface area contributed by atoms with Crippen LogP contribution in [-0.2, 0) is 4.79 Å². The Morgan fingerprint density at radius 2 is 1.84 bits per heavy atom. The number of aromatic nitrogens is 1. The number of carbonyl (C=O) groups is 2. The summed E-state index contributed by atoms with van der Waals surface area (Å²) < 4.78 is 7.82. The number of fused-ring (bicyclic) bond motifs is 3. The van der Waals surface area contributed by atoms with E-state index in [0.29, 0.717) is 30.0 Å². The van der Waals surface area contributed by atoms with Crippen molar-refractivity contribution in [2.75, 3.05) is 18.0 Å². The van der Waals surface area contributed by atoms with Crippen molar-refractivity contribution in [2.45, 2.75) is 32.7 Å². The molecule has 1 unspecified atom stereocenters. The predicted molar refractivity (Wildman–Crippen MR) is 142 cm³/mol. The van der Waals surface area contributed by atoms with Gasteiger partial charge in [0.05, 0.1) is 28.3 Å². The number of nitro groups is 1. The molecule has 2 aromatic heterocycles. The van der Waals surface area contributed by atoms with E-state index in [4.69, 9.17) is 4.42 Å². The van der Waals surface area contributed by atoms with E-state index in [2.05, 4.69) is 0 Å². The highest BCUT2D eigenvalue weighted by Crippen LogP contribution is 2.42. The number of unbranched alkanes of at least 4 members (excludes halogenated alkanes) is 1. The number of rotatable bonds is 8. The first kappa shape index (κ1) is 25.0. The number of furan rings is 1. The highest BCUT2D eigenvalue weighted by molar-refractivity contribution is 6.02. The van der Waals surface area contributed by atoms with Gasteiger partial charge in [-0.2, -0.15) is 0 Å². The fraction of sp³-hybridized carbons (Fsp3) is 0.241. The Morgan fingerprint density at radius 1 is 1.05 bits per heavy atom. The molecule has 0 aliphatic carbocycles. The number of hydrogen-bond acceptors (Lipinski definition) is 5. The van der Waals surface area contributed by atoms with Gasteiger partial charge in [0, 0.05) is 29.9 Å². The molecule has 1 aliphatic heterocycles. The van der Waals surface area contributed by atoms with Crippen LogP contribution in [0.25, 0.3) is 5.69 Å². The third kappa shape index (κ3) is 4.47. The molecular weight excluding hydrogens is 484 g/mol. The fourth-order valence-corrected chi connectivity index (χ4v) is 4.94. The van der Waals surface area contributed by atoms with Crippen LogP contribution in [0, 0.1) is 17.0 Å². The third-order valence-corrected chi connectivity index (χ3v) is 6.85. The Kier molecular flexibility index (Phi) is 6.83. The summed E-state index contributed by atoms with van der Waals surface area (Å²) in [5.41, 5.74) is 2.95. The minimum atomic E-state index is -0.522. The molecule has 1 atom stereocenters. The maximum absolute atomic E-state index is 14.1. The maximum Gasteiger partial charge on any atom is 0.273 e. The Morgan fingerprint density at radius 3 is 2.55 bits per heavy atom. The summed E-state index contributed by atoms with van der Waals surface area (Å²) in [5.74, 6) is -0.0936. The highest BCUT2D eigenvalue weighted by Gasteiger charge is 2.38. The van der Waals surface area contributed by atoms with E-state index in [9.17, 15) is 19.7 Å². The number of nitro benzene ring substituents is 1. The lowest BCUT2D eigenvalue weighted by molar-refractivity contribution is -0.385. The van der Waals surface area contributed by atoms with Crippen LogP contribution in [0.3, 0.4) is 0 Å². The Labute approximate surface area is 220 Å². The first-order valence-corrected chi connectivity index (χ1v) is 12.6. The zero-order valence-corrected chi connectivity index (χ0v) is 21.2. The standard InChI is InChI=1S/C29H28N4O5/c1-3-4-15-30(29(35)21-14-13-20(2)25(18-21)33(36)37)19-27(34)32-23-10-6-5-9-22(23)31-16-7-11-24(31)28(32)26-12-8-17-38-26/h5-14,16-18,28H,3-4,15,19H2,1-2H3. The highest BCUT2D eigenvalue weighted by atomic mass is 16.6. The molecule has 0 N–H and O–H groups in total. The van der Waals surface area contributed by atoms with Crippen molar-refractivity contribution < 1.29 is 18.9 Å². The van der Waals surface area contributed by atoms with Gasteiger partial charge in [0.25, 0.3) is 11.6 Å². The van der Waals surface area contributed by atoms with E-state index in [1.807, 2.05) is 60.2 Å². The van der Waals surface area contributed by atoms with Crippen LogP contribution >= 0.6 is 0 Å². The van der Waals surface area contributed by atoms with Crippen LogP contribution < -0.4 is 4.90 Å². The Balaban J connectivity index is 1.52. The summed E-state index contributed by atoms with van der Waals surface area (Å²) >= 11 is 0. The molecule has 0 saturated carbocycles. The maximum atomic E-state index is 14.1. The van der Waals surface area contributed by atoms with Gasteiger partial charge in [-0.15, -0.1) is 0 Å². The summed E-state index contributed by atoms with van der Waals surface area (Å²) in [4.78, 5) is 41.8. The minimum absolute atomic E-state index is 0.124. The number of hydrogen-bond donors (Lipinski definition) is 0. The van der Waals surface area contributed by atoms with Crippen LogP contribution in [0.5, 0.6) is 0 Å². The first-order chi connectivity index (χ1) is 18.4. The average molecular weight is 513 g/mol. The number of nitrogens with zero attached hydrogens (tertiary/aromatic N) is 4. The van der Waals surface area contributed by atoms with E-state index in [-0.39, 0.29) is 23.7 Å². The molecule has 0 saturated heterocycles. The van der Waals surface area contributed by atoms with E-state index < -0.39 is 16.9 Å². The number of carbonyl (C=O) groups excluding carboxylic acids is 2. The molecular formula is C29H28N4O5. The number of benzene rings is 2. The van der Waals surface area contributed by atoms with Crippen molar-refractivity contribution >= 4 is 23.2 Å². The molecule has 2 aromatic carbocycles. The molecule has 194 valence electrons. The van der Waals surface area contributed by atoms with Gasteiger partial charge in [0.15, 0.2) is 0 Å². The molecule has 0 bridgehead atoms.